The van der Waals surface area contributed by atoms with Crippen LogP contribution < -0.4 is 9.80 Å². The highest BCUT2D eigenvalue weighted by Crippen LogP contribution is 2.50. The molecule has 0 spiro atoms. The Morgan fingerprint density at radius 2 is 0.781 bits per heavy atom. The molecule has 0 aromatic heterocycles. The summed E-state index contributed by atoms with van der Waals surface area (Å²) in [6, 6.07) is 72.3. The second-order valence-electron chi connectivity index (χ2n) is 17.2. The van der Waals surface area contributed by atoms with Gasteiger partial charge >= 0.3 is 0 Å². The lowest BCUT2D eigenvalue weighted by Crippen LogP contribution is -2.19. The lowest BCUT2D eigenvalue weighted by molar-refractivity contribution is 0.907. The molecule has 0 unspecified atom stereocenters. The van der Waals surface area contributed by atoms with Crippen molar-refractivity contribution < 1.29 is 0 Å². The molecule has 0 amide bonds. The van der Waals surface area contributed by atoms with E-state index < -0.39 is 0 Å². The molecule has 0 N–H and O–H groups in total. The number of benzene rings is 10. The van der Waals surface area contributed by atoms with E-state index in [0.29, 0.717) is 0 Å². The number of fused-ring (bicyclic) bond motifs is 7. The maximum Gasteiger partial charge on any atom is 0.0534 e. The van der Waals surface area contributed by atoms with Crippen LogP contribution in [0.2, 0.25) is 0 Å². The third-order valence-electron chi connectivity index (χ3n) is 13.5. The average Bonchev–Trinajstić information content (AvgIpc) is 3.63. The average molecular weight is 815 g/mol. The van der Waals surface area contributed by atoms with Crippen molar-refractivity contribution in [2.24, 2.45) is 0 Å². The number of para-hydroxylation sites is 3. The summed E-state index contributed by atoms with van der Waals surface area (Å²) in [5, 5.41) is 9.83. The van der Waals surface area contributed by atoms with E-state index in [2.05, 4.69) is 240 Å². The van der Waals surface area contributed by atoms with E-state index in [0.717, 1.165) is 29.9 Å². The SMILES string of the molecule is C1=CC2=C(CC1)N(c1ccc3c(-c4ccc5ccccc5c4)c4cc(N5c6ccccc6C=Cc6ccccc65)ccc4c(-c4ccc5ccccc5c4)c3c1)c1ccccc1C=C2. The summed E-state index contributed by atoms with van der Waals surface area (Å²) in [6.07, 6.45) is 15.7. The summed E-state index contributed by atoms with van der Waals surface area (Å²) in [7, 11) is 0. The molecule has 10 aromatic carbocycles. The van der Waals surface area contributed by atoms with Crippen LogP contribution in [0.4, 0.5) is 28.4 Å². The predicted octanol–water partition coefficient (Wildman–Crippen LogP) is 17.4. The van der Waals surface area contributed by atoms with Crippen LogP contribution in [-0.4, -0.2) is 0 Å². The first-order valence-electron chi connectivity index (χ1n) is 22.4. The van der Waals surface area contributed by atoms with E-state index in [-0.39, 0.29) is 0 Å². The van der Waals surface area contributed by atoms with Crippen LogP contribution >= 0.6 is 0 Å². The van der Waals surface area contributed by atoms with E-state index in [9.17, 15) is 0 Å². The molecule has 0 bridgehead atoms. The number of nitrogens with zero attached hydrogens (tertiary/aromatic N) is 2. The number of hydrogen-bond acceptors (Lipinski definition) is 2. The Morgan fingerprint density at radius 3 is 1.33 bits per heavy atom. The molecular formula is C62H42N2. The standard InChI is InChI=1S/C62H42N2/c1-3-19-47-37-49(31-25-41(47)13-1)61-53-35-33-52(64-59-23-11-7-17-45(59)29-30-46-18-8-12-24-60(46)64)40-56(53)62(50-32-26-42-14-2-4-20-48(42)38-50)54-36-34-51(39-55(54)61)63-57-21-9-5-15-43(57)27-28-44-16-6-10-22-58(44)63/h1-11,13-23,25-40H,12,24H2. The van der Waals surface area contributed by atoms with E-state index >= 15 is 0 Å². The van der Waals surface area contributed by atoms with Crippen LogP contribution in [0.25, 0.3) is 83.6 Å². The molecule has 64 heavy (non-hydrogen) atoms. The lowest BCUT2D eigenvalue weighted by Gasteiger charge is -2.31. The van der Waals surface area contributed by atoms with Crippen molar-refractivity contribution in [3.8, 4) is 22.3 Å². The van der Waals surface area contributed by atoms with Gasteiger partial charge in [-0.25, -0.2) is 0 Å². The van der Waals surface area contributed by atoms with Crippen molar-refractivity contribution in [3.05, 3.63) is 240 Å². The Hall–Kier alpha value is -8.20. The van der Waals surface area contributed by atoms with Crippen molar-refractivity contribution in [1.29, 1.82) is 0 Å². The van der Waals surface area contributed by atoms with Gasteiger partial charge in [0, 0.05) is 17.1 Å². The van der Waals surface area contributed by atoms with Crippen molar-refractivity contribution in [2.75, 3.05) is 9.80 Å². The Labute approximate surface area is 373 Å². The van der Waals surface area contributed by atoms with E-state index in [1.807, 2.05) is 0 Å². The number of hydrogen-bond donors (Lipinski definition) is 0. The first-order chi connectivity index (χ1) is 31.7. The Kier molecular flexibility index (Phi) is 8.39. The van der Waals surface area contributed by atoms with Crippen LogP contribution in [0.1, 0.15) is 29.5 Å². The molecule has 0 saturated carbocycles. The maximum atomic E-state index is 2.53. The molecule has 0 atom stereocenters. The minimum atomic E-state index is 0.973. The molecule has 300 valence electrons. The van der Waals surface area contributed by atoms with Gasteiger partial charge in [0.1, 0.15) is 0 Å². The fourth-order valence-electron chi connectivity index (χ4n) is 10.6. The van der Waals surface area contributed by atoms with Gasteiger partial charge in [0.25, 0.3) is 0 Å². The summed E-state index contributed by atoms with van der Waals surface area (Å²) >= 11 is 0. The number of anilines is 5. The van der Waals surface area contributed by atoms with Gasteiger partial charge in [-0.05, 0) is 155 Å². The Morgan fingerprint density at radius 1 is 0.328 bits per heavy atom. The van der Waals surface area contributed by atoms with E-state index in [4.69, 9.17) is 0 Å². The topological polar surface area (TPSA) is 6.48 Å². The normalized spacial score (nSPS) is 14.1. The third-order valence-corrected chi connectivity index (χ3v) is 13.5. The van der Waals surface area contributed by atoms with Gasteiger partial charge in [0.05, 0.1) is 17.1 Å². The smallest absolute Gasteiger partial charge is 0.0534 e. The minimum absolute atomic E-state index is 0.973. The molecule has 2 aliphatic heterocycles. The van der Waals surface area contributed by atoms with Gasteiger partial charge in [-0.3, -0.25) is 0 Å². The van der Waals surface area contributed by atoms with Crippen molar-refractivity contribution >= 4 is 89.8 Å². The minimum Gasteiger partial charge on any atom is -0.313 e. The van der Waals surface area contributed by atoms with E-state index in [1.165, 1.54) is 105 Å². The summed E-state index contributed by atoms with van der Waals surface area (Å²) < 4.78 is 0. The Balaban J connectivity index is 1.15. The summed E-state index contributed by atoms with van der Waals surface area (Å²) in [5.41, 5.74) is 16.9. The highest BCUT2D eigenvalue weighted by atomic mass is 15.2. The van der Waals surface area contributed by atoms with Gasteiger partial charge in [-0.2, -0.15) is 0 Å². The van der Waals surface area contributed by atoms with Gasteiger partial charge in [-0.15, -0.1) is 0 Å². The van der Waals surface area contributed by atoms with Gasteiger partial charge < -0.3 is 9.80 Å². The van der Waals surface area contributed by atoms with Crippen LogP contribution in [0.15, 0.2) is 224 Å². The molecule has 1 aliphatic carbocycles. The summed E-state index contributed by atoms with van der Waals surface area (Å²) in [6.45, 7) is 0. The molecule has 2 heterocycles. The highest BCUT2D eigenvalue weighted by Gasteiger charge is 2.26. The largest absolute Gasteiger partial charge is 0.313 e. The van der Waals surface area contributed by atoms with Gasteiger partial charge in [0.2, 0.25) is 0 Å². The number of rotatable bonds is 4. The first-order valence-corrected chi connectivity index (χ1v) is 22.4. The molecule has 2 nitrogen and oxygen atoms in total. The molecule has 13 rings (SSSR count). The quantitative estimate of drug-likeness (QED) is 0.163. The van der Waals surface area contributed by atoms with E-state index in [1.54, 1.807) is 0 Å². The van der Waals surface area contributed by atoms with Gasteiger partial charge in [-0.1, -0.05) is 176 Å². The van der Waals surface area contributed by atoms with Gasteiger partial charge in [0.15, 0.2) is 0 Å². The second-order valence-corrected chi connectivity index (χ2v) is 17.2. The second kappa shape index (κ2) is 14.7. The molecule has 2 heteroatoms. The molecule has 10 aromatic rings. The fraction of sp³-hybridized carbons (Fsp3) is 0.0323. The van der Waals surface area contributed by atoms with Crippen LogP contribution in [-0.2, 0) is 0 Å². The maximum absolute atomic E-state index is 2.53. The van der Waals surface area contributed by atoms with Crippen LogP contribution in [0, 0.1) is 0 Å². The molecule has 0 saturated heterocycles. The Bertz CT molecular complexity index is 3640. The van der Waals surface area contributed by atoms with Crippen molar-refractivity contribution in [3.63, 3.8) is 0 Å². The lowest BCUT2D eigenvalue weighted by atomic mass is 9.84. The zero-order valence-electron chi connectivity index (χ0n) is 35.2. The monoisotopic (exact) mass is 814 g/mol. The van der Waals surface area contributed by atoms with Crippen molar-refractivity contribution in [2.45, 2.75) is 12.8 Å². The molecule has 0 fully saturated rings. The summed E-state index contributed by atoms with van der Waals surface area (Å²) in [5.74, 6) is 0. The molecular weight excluding hydrogens is 773 g/mol. The molecule has 3 aliphatic rings. The number of allylic oxidation sites excluding steroid dienone is 5. The zero-order chi connectivity index (χ0) is 42.1. The molecule has 0 radical (unpaired) electrons. The third kappa shape index (κ3) is 5.87. The predicted molar refractivity (Wildman–Crippen MR) is 274 cm³/mol. The zero-order valence-corrected chi connectivity index (χ0v) is 35.2. The fourth-order valence-corrected chi connectivity index (χ4v) is 10.6. The van der Waals surface area contributed by atoms with Crippen molar-refractivity contribution in [1.82, 2.24) is 0 Å². The highest BCUT2D eigenvalue weighted by molar-refractivity contribution is 6.23. The first kappa shape index (κ1) is 36.5. The summed E-state index contributed by atoms with van der Waals surface area (Å²) in [4.78, 5) is 4.98. The van der Waals surface area contributed by atoms with Crippen LogP contribution in [0.5, 0.6) is 0 Å². The van der Waals surface area contributed by atoms with Crippen LogP contribution in [0.3, 0.4) is 0 Å².